The van der Waals surface area contributed by atoms with E-state index < -0.39 is 29.1 Å². The van der Waals surface area contributed by atoms with E-state index in [4.69, 9.17) is 4.74 Å². The zero-order valence-corrected chi connectivity index (χ0v) is 12.5. The Bertz CT molecular complexity index is 777. The van der Waals surface area contributed by atoms with Crippen LogP contribution in [-0.2, 0) is 11.0 Å². The van der Waals surface area contributed by atoms with Crippen LogP contribution >= 0.6 is 15.9 Å². The molecule has 0 radical (unpaired) electrons. The number of isocyanates is 1. The number of halogens is 6. The maximum absolute atomic E-state index is 13.7. The third-order valence-electron chi connectivity index (χ3n) is 2.63. The first-order chi connectivity index (χ1) is 10.7. The van der Waals surface area contributed by atoms with Gasteiger partial charge in [-0.15, -0.1) is 0 Å². The molecule has 120 valence electrons. The Morgan fingerprint density at radius 1 is 1.09 bits per heavy atom. The molecule has 0 saturated heterocycles. The second kappa shape index (κ2) is 6.47. The summed E-state index contributed by atoms with van der Waals surface area (Å²) < 4.78 is 70.1. The number of aliphatic imine (C=N–C) groups is 1. The van der Waals surface area contributed by atoms with Crippen LogP contribution in [0.5, 0.6) is 11.5 Å². The average molecular weight is 394 g/mol. The lowest BCUT2D eigenvalue weighted by Gasteiger charge is -2.12. The smallest absolute Gasteiger partial charge is 0.416 e. The number of carbonyl (C=O) groups excluding carboxylic acids is 1. The Balaban J connectivity index is 2.41. The van der Waals surface area contributed by atoms with Gasteiger partial charge in [0.05, 0.1) is 11.3 Å². The van der Waals surface area contributed by atoms with E-state index in [0.717, 1.165) is 6.07 Å². The second-order valence-electron chi connectivity index (χ2n) is 4.19. The highest BCUT2D eigenvalue weighted by molar-refractivity contribution is 9.10. The number of rotatable bonds is 3. The molecule has 9 heteroatoms. The summed E-state index contributed by atoms with van der Waals surface area (Å²) in [7, 11) is 0. The van der Waals surface area contributed by atoms with Gasteiger partial charge in [-0.3, -0.25) is 0 Å². The highest BCUT2D eigenvalue weighted by atomic mass is 79.9. The minimum Gasteiger partial charge on any atom is -0.451 e. The Labute approximate surface area is 134 Å². The van der Waals surface area contributed by atoms with Crippen molar-refractivity contribution in [3.05, 3.63) is 52.0 Å². The molecule has 0 bridgehead atoms. The van der Waals surface area contributed by atoms with Gasteiger partial charge in [-0.1, -0.05) is 0 Å². The number of hydrogen-bond donors (Lipinski definition) is 0. The maximum Gasteiger partial charge on any atom is 0.416 e. The second-order valence-corrected chi connectivity index (χ2v) is 5.04. The molecule has 0 unspecified atom stereocenters. The molecule has 0 aliphatic carbocycles. The van der Waals surface area contributed by atoms with E-state index >= 15 is 0 Å². The van der Waals surface area contributed by atoms with E-state index in [1.54, 1.807) is 0 Å². The summed E-state index contributed by atoms with van der Waals surface area (Å²) in [5.74, 6) is -4.15. The van der Waals surface area contributed by atoms with E-state index in [-0.39, 0.29) is 23.6 Å². The summed E-state index contributed by atoms with van der Waals surface area (Å²) in [5.41, 5.74) is -1.40. The van der Waals surface area contributed by atoms with E-state index in [9.17, 15) is 26.7 Å². The standard InChI is InChI=1S/C14H5BrF5NO2/c15-9-2-1-8(5-12(9)21-6-22)23-13-10(16)3-7(4-11(13)17)14(18,19)20/h1-5H. The summed E-state index contributed by atoms with van der Waals surface area (Å²) in [6.07, 6.45) is -3.61. The van der Waals surface area contributed by atoms with Crippen LogP contribution in [0.3, 0.4) is 0 Å². The summed E-state index contributed by atoms with van der Waals surface area (Å²) in [6.45, 7) is 0. The molecule has 0 spiro atoms. The lowest BCUT2D eigenvalue weighted by Crippen LogP contribution is -2.07. The number of alkyl halides is 3. The van der Waals surface area contributed by atoms with E-state index in [1.165, 1.54) is 18.2 Å². The lowest BCUT2D eigenvalue weighted by molar-refractivity contribution is -0.138. The first-order valence-corrected chi connectivity index (χ1v) is 6.63. The van der Waals surface area contributed by atoms with Crippen LogP contribution in [0.15, 0.2) is 39.8 Å². The number of ether oxygens (including phenoxy) is 1. The fourth-order valence-corrected chi connectivity index (χ4v) is 1.97. The molecule has 0 aromatic heterocycles. The normalized spacial score (nSPS) is 11.0. The van der Waals surface area contributed by atoms with Gasteiger partial charge in [0, 0.05) is 10.5 Å². The minimum atomic E-state index is -4.89. The molecule has 2 rings (SSSR count). The molecular weight excluding hydrogens is 389 g/mol. The zero-order valence-electron chi connectivity index (χ0n) is 10.9. The molecule has 0 N–H and O–H groups in total. The third-order valence-corrected chi connectivity index (χ3v) is 3.30. The van der Waals surface area contributed by atoms with Crippen LogP contribution in [0.25, 0.3) is 0 Å². The Morgan fingerprint density at radius 3 is 2.22 bits per heavy atom. The summed E-state index contributed by atoms with van der Waals surface area (Å²) in [5, 5.41) is 0. The lowest BCUT2D eigenvalue weighted by atomic mass is 10.2. The van der Waals surface area contributed by atoms with E-state index in [2.05, 4.69) is 20.9 Å². The molecule has 0 aliphatic heterocycles. The Kier molecular flexibility index (Phi) is 4.82. The third kappa shape index (κ3) is 3.94. The molecule has 3 nitrogen and oxygen atoms in total. The van der Waals surface area contributed by atoms with Crippen molar-refractivity contribution in [2.45, 2.75) is 6.18 Å². The van der Waals surface area contributed by atoms with Crippen LogP contribution in [0.4, 0.5) is 27.6 Å². The van der Waals surface area contributed by atoms with Gasteiger partial charge in [0.1, 0.15) is 5.75 Å². The van der Waals surface area contributed by atoms with Crippen molar-refractivity contribution in [3.8, 4) is 11.5 Å². The molecule has 0 heterocycles. The molecule has 0 saturated carbocycles. The Morgan fingerprint density at radius 2 is 1.70 bits per heavy atom. The van der Waals surface area contributed by atoms with Crippen LogP contribution in [0, 0.1) is 11.6 Å². The van der Waals surface area contributed by atoms with Gasteiger partial charge in [0.25, 0.3) is 0 Å². The quantitative estimate of drug-likeness (QED) is 0.392. The highest BCUT2D eigenvalue weighted by Gasteiger charge is 2.33. The van der Waals surface area contributed by atoms with Crippen molar-refractivity contribution in [1.82, 2.24) is 0 Å². The van der Waals surface area contributed by atoms with Gasteiger partial charge in [-0.05, 0) is 40.2 Å². The summed E-state index contributed by atoms with van der Waals surface area (Å²) in [4.78, 5) is 13.6. The average Bonchev–Trinajstić information content (AvgIpc) is 2.45. The van der Waals surface area contributed by atoms with E-state index in [1.807, 2.05) is 0 Å². The largest absolute Gasteiger partial charge is 0.451 e. The van der Waals surface area contributed by atoms with Crippen molar-refractivity contribution < 1.29 is 31.5 Å². The van der Waals surface area contributed by atoms with Gasteiger partial charge < -0.3 is 4.74 Å². The van der Waals surface area contributed by atoms with Crippen molar-refractivity contribution in [3.63, 3.8) is 0 Å². The van der Waals surface area contributed by atoms with Gasteiger partial charge in [0.15, 0.2) is 17.4 Å². The molecule has 2 aromatic carbocycles. The number of hydrogen-bond acceptors (Lipinski definition) is 3. The number of nitrogens with zero attached hydrogens (tertiary/aromatic N) is 1. The van der Waals surface area contributed by atoms with Crippen LogP contribution in [-0.4, -0.2) is 6.08 Å². The van der Waals surface area contributed by atoms with Gasteiger partial charge >= 0.3 is 6.18 Å². The highest BCUT2D eigenvalue weighted by Crippen LogP contribution is 2.37. The van der Waals surface area contributed by atoms with Crippen molar-refractivity contribution in [2.75, 3.05) is 0 Å². The predicted molar refractivity (Wildman–Crippen MR) is 73.4 cm³/mol. The first kappa shape index (κ1) is 17.1. The minimum absolute atomic E-state index is 0.0743. The molecule has 2 aromatic rings. The fourth-order valence-electron chi connectivity index (χ4n) is 1.63. The van der Waals surface area contributed by atoms with E-state index in [0.29, 0.717) is 4.47 Å². The van der Waals surface area contributed by atoms with Crippen LogP contribution in [0.1, 0.15) is 5.56 Å². The fraction of sp³-hybridized carbons (Fsp3) is 0.0714. The molecule has 0 amide bonds. The van der Waals surface area contributed by atoms with Crippen molar-refractivity contribution in [2.24, 2.45) is 4.99 Å². The molecular formula is C14H5BrF5NO2. The molecule has 0 atom stereocenters. The van der Waals surface area contributed by atoms with Crippen molar-refractivity contribution in [1.29, 1.82) is 0 Å². The SMILES string of the molecule is O=C=Nc1cc(Oc2c(F)cc(C(F)(F)F)cc2F)ccc1Br. The van der Waals surface area contributed by atoms with Crippen LogP contribution < -0.4 is 4.74 Å². The topological polar surface area (TPSA) is 38.7 Å². The Hall–Kier alpha value is -2.25. The number of benzene rings is 2. The van der Waals surface area contributed by atoms with Gasteiger partial charge in [-0.25, -0.2) is 13.6 Å². The zero-order chi connectivity index (χ0) is 17.2. The molecule has 0 fully saturated rings. The van der Waals surface area contributed by atoms with Crippen molar-refractivity contribution >= 4 is 27.7 Å². The molecule has 23 heavy (non-hydrogen) atoms. The van der Waals surface area contributed by atoms with Gasteiger partial charge in [0.2, 0.25) is 6.08 Å². The predicted octanol–water partition coefficient (Wildman–Crippen LogP) is 5.51. The van der Waals surface area contributed by atoms with Gasteiger partial charge in [-0.2, -0.15) is 18.2 Å². The molecule has 0 aliphatic rings. The maximum atomic E-state index is 13.7. The monoisotopic (exact) mass is 393 g/mol. The summed E-state index contributed by atoms with van der Waals surface area (Å²) >= 11 is 3.08. The summed E-state index contributed by atoms with van der Waals surface area (Å²) in [6, 6.07) is 4.07. The van der Waals surface area contributed by atoms with Crippen LogP contribution in [0.2, 0.25) is 0 Å². The first-order valence-electron chi connectivity index (χ1n) is 5.84.